The number of aliphatic carboxylic acids is 1. The summed E-state index contributed by atoms with van der Waals surface area (Å²) < 4.78 is 30.7. The number of carboxylic acid groups (broad SMARTS) is 1. The average molecular weight is 302 g/mol. The van der Waals surface area contributed by atoms with Gasteiger partial charge in [0.2, 0.25) is 15.9 Å². The zero-order chi connectivity index (χ0) is 15.3. The quantitative estimate of drug-likeness (QED) is 0.609. The Kier molecular flexibility index (Phi) is 5.06. The molecule has 20 heavy (non-hydrogen) atoms. The lowest BCUT2D eigenvalue weighted by molar-refractivity contribution is -0.139. The van der Waals surface area contributed by atoms with Gasteiger partial charge in [0.15, 0.2) is 6.61 Å². The summed E-state index contributed by atoms with van der Waals surface area (Å²) in [5, 5.41) is 8.44. The van der Waals surface area contributed by atoms with Gasteiger partial charge >= 0.3 is 5.97 Å². The molecule has 0 aliphatic carbocycles. The van der Waals surface area contributed by atoms with Crippen LogP contribution in [0, 0.1) is 0 Å². The van der Waals surface area contributed by atoms with Gasteiger partial charge in [-0.1, -0.05) is 0 Å². The van der Waals surface area contributed by atoms with Gasteiger partial charge in [0.25, 0.3) is 0 Å². The van der Waals surface area contributed by atoms with E-state index in [1.54, 1.807) is 0 Å². The summed E-state index contributed by atoms with van der Waals surface area (Å²) in [4.78, 5) is 21.1. The van der Waals surface area contributed by atoms with Crippen LogP contribution in [-0.2, 0) is 19.6 Å². The van der Waals surface area contributed by atoms with Crippen molar-refractivity contribution in [3.8, 4) is 5.75 Å². The molecule has 0 fully saturated rings. The average Bonchev–Trinajstić information content (AvgIpc) is 2.36. The second-order valence-corrected chi connectivity index (χ2v) is 5.61. The number of ether oxygens (including phenoxy) is 1. The van der Waals surface area contributed by atoms with Gasteiger partial charge in [-0.3, -0.25) is 4.79 Å². The van der Waals surface area contributed by atoms with Crippen LogP contribution in [0.5, 0.6) is 5.75 Å². The van der Waals surface area contributed by atoms with E-state index in [4.69, 9.17) is 15.6 Å². The Labute approximate surface area is 115 Å². The van der Waals surface area contributed by atoms with Crippen LogP contribution in [-0.4, -0.2) is 38.0 Å². The Morgan fingerprint density at radius 1 is 1.35 bits per heavy atom. The molecule has 1 unspecified atom stereocenters. The first-order chi connectivity index (χ1) is 9.22. The summed E-state index contributed by atoms with van der Waals surface area (Å²) in [7, 11) is -3.88. The highest BCUT2D eigenvalue weighted by molar-refractivity contribution is 7.89. The number of carbonyl (C=O) groups excluding carboxylic acids is 1. The minimum atomic E-state index is -3.88. The lowest BCUT2D eigenvalue weighted by Gasteiger charge is -2.11. The van der Waals surface area contributed by atoms with Crippen molar-refractivity contribution in [2.45, 2.75) is 17.9 Å². The number of hydrogen-bond acceptors (Lipinski definition) is 5. The highest BCUT2D eigenvalue weighted by Crippen LogP contribution is 2.16. The number of carboxylic acids is 1. The van der Waals surface area contributed by atoms with E-state index in [1.165, 1.54) is 31.2 Å². The Bertz CT molecular complexity index is 596. The van der Waals surface area contributed by atoms with Crippen molar-refractivity contribution in [3.63, 3.8) is 0 Å². The number of rotatable bonds is 7. The molecule has 8 nitrogen and oxygen atoms in total. The predicted molar refractivity (Wildman–Crippen MR) is 68.6 cm³/mol. The molecule has 0 spiro atoms. The van der Waals surface area contributed by atoms with Crippen molar-refractivity contribution in [2.24, 2.45) is 5.73 Å². The number of nitrogens with one attached hydrogen (secondary N) is 1. The standard InChI is InChI=1S/C11H14N2O6S/c1-7(11(12)16)13-20(17,18)9-4-2-8(3-5-9)19-6-10(14)15/h2-5,7,13H,6H2,1H3,(H2,12,16)(H,14,15). The molecule has 1 aromatic rings. The van der Waals surface area contributed by atoms with Gasteiger partial charge in [-0.15, -0.1) is 0 Å². The van der Waals surface area contributed by atoms with Crippen LogP contribution in [0.15, 0.2) is 29.2 Å². The van der Waals surface area contributed by atoms with Crippen LogP contribution in [0.4, 0.5) is 0 Å². The van der Waals surface area contributed by atoms with E-state index < -0.39 is 34.5 Å². The topological polar surface area (TPSA) is 136 Å². The fourth-order valence-corrected chi connectivity index (χ4v) is 2.43. The zero-order valence-electron chi connectivity index (χ0n) is 10.6. The molecule has 1 aromatic carbocycles. The predicted octanol–water partition coefficient (Wildman–Crippen LogP) is -0.698. The smallest absolute Gasteiger partial charge is 0.341 e. The number of benzene rings is 1. The molecular weight excluding hydrogens is 288 g/mol. The highest BCUT2D eigenvalue weighted by atomic mass is 32.2. The molecule has 0 radical (unpaired) electrons. The maximum Gasteiger partial charge on any atom is 0.341 e. The maximum atomic E-state index is 11.9. The molecule has 0 bridgehead atoms. The summed E-state index contributed by atoms with van der Waals surface area (Å²) in [5.74, 6) is -1.72. The molecule has 1 atom stereocenters. The van der Waals surface area contributed by atoms with Gasteiger partial charge < -0.3 is 15.6 Å². The summed E-state index contributed by atoms with van der Waals surface area (Å²) in [5.41, 5.74) is 4.97. The molecule has 4 N–H and O–H groups in total. The summed E-state index contributed by atoms with van der Waals surface area (Å²) in [6, 6.07) is 4.04. The first-order valence-electron chi connectivity index (χ1n) is 5.48. The number of primary amides is 1. The minimum Gasteiger partial charge on any atom is -0.482 e. The van der Waals surface area contributed by atoms with Gasteiger partial charge in [-0.05, 0) is 31.2 Å². The first kappa shape index (κ1) is 15.9. The fourth-order valence-electron chi connectivity index (χ4n) is 1.22. The van der Waals surface area contributed by atoms with Crippen LogP contribution < -0.4 is 15.2 Å². The molecule has 0 aliphatic heterocycles. The lowest BCUT2D eigenvalue weighted by atomic mass is 10.3. The van der Waals surface area contributed by atoms with E-state index in [0.29, 0.717) is 0 Å². The number of nitrogens with two attached hydrogens (primary N) is 1. The molecule has 0 aromatic heterocycles. The van der Waals surface area contributed by atoms with Crippen LogP contribution in [0.3, 0.4) is 0 Å². The molecular formula is C11H14N2O6S. The number of hydrogen-bond donors (Lipinski definition) is 3. The van der Waals surface area contributed by atoms with Crippen molar-refractivity contribution in [1.29, 1.82) is 0 Å². The third-order valence-corrected chi connectivity index (χ3v) is 3.81. The molecule has 9 heteroatoms. The largest absolute Gasteiger partial charge is 0.482 e. The first-order valence-corrected chi connectivity index (χ1v) is 6.97. The Morgan fingerprint density at radius 3 is 2.35 bits per heavy atom. The molecule has 1 amide bonds. The third kappa shape index (κ3) is 4.52. The van der Waals surface area contributed by atoms with Crippen LogP contribution in [0.25, 0.3) is 0 Å². The van der Waals surface area contributed by atoms with Crippen LogP contribution >= 0.6 is 0 Å². The van der Waals surface area contributed by atoms with Gasteiger partial charge in [0.05, 0.1) is 10.9 Å². The van der Waals surface area contributed by atoms with Gasteiger partial charge in [-0.2, -0.15) is 4.72 Å². The van der Waals surface area contributed by atoms with Gasteiger partial charge in [-0.25, -0.2) is 13.2 Å². The highest BCUT2D eigenvalue weighted by Gasteiger charge is 2.20. The van der Waals surface area contributed by atoms with Crippen LogP contribution in [0.2, 0.25) is 0 Å². The number of amides is 1. The minimum absolute atomic E-state index is 0.0896. The summed E-state index contributed by atoms with van der Waals surface area (Å²) in [6.07, 6.45) is 0. The molecule has 0 aliphatic rings. The van der Waals surface area contributed by atoms with Crippen LogP contribution in [0.1, 0.15) is 6.92 Å². The second-order valence-electron chi connectivity index (χ2n) is 3.90. The number of sulfonamides is 1. The second kappa shape index (κ2) is 6.35. The number of carbonyl (C=O) groups is 2. The van der Waals surface area contributed by atoms with E-state index in [9.17, 15) is 18.0 Å². The van der Waals surface area contributed by atoms with Gasteiger partial charge in [0.1, 0.15) is 5.75 Å². The van der Waals surface area contributed by atoms with Crippen molar-refractivity contribution in [3.05, 3.63) is 24.3 Å². The van der Waals surface area contributed by atoms with Crippen molar-refractivity contribution in [2.75, 3.05) is 6.61 Å². The zero-order valence-corrected chi connectivity index (χ0v) is 11.4. The molecule has 0 saturated heterocycles. The van der Waals surface area contributed by atoms with Crippen molar-refractivity contribution >= 4 is 21.9 Å². The molecule has 110 valence electrons. The molecule has 0 heterocycles. The Hall–Kier alpha value is -2.13. The SMILES string of the molecule is CC(NS(=O)(=O)c1ccc(OCC(=O)O)cc1)C(N)=O. The lowest BCUT2D eigenvalue weighted by Crippen LogP contribution is -2.42. The van der Waals surface area contributed by atoms with E-state index in [0.717, 1.165) is 0 Å². The maximum absolute atomic E-state index is 11.9. The summed E-state index contributed by atoms with van der Waals surface area (Å²) in [6.45, 7) is 0.799. The molecule has 1 rings (SSSR count). The van der Waals surface area contributed by atoms with E-state index in [2.05, 4.69) is 4.72 Å². The van der Waals surface area contributed by atoms with E-state index in [1.807, 2.05) is 0 Å². The van der Waals surface area contributed by atoms with Crippen molar-refractivity contribution in [1.82, 2.24) is 4.72 Å². The van der Waals surface area contributed by atoms with Crippen molar-refractivity contribution < 1.29 is 27.9 Å². The van der Waals surface area contributed by atoms with E-state index in [-0.39, 0.29) is 10.6 Å². The monoisotopic (exact) mass is 302 g/mol. The van der Waals surface area contributed by atoms with Gasteiger partial charge in [0, 0.05) is 0 Å². The molecule has 0 saturated carbocycles. The fraction of sp³-hybridized carbons (Fsp3) is 0.273. The Balaban J connectivity index is 2.81. The normalized spacial score (nSPS) is 12.7. The third-order valence-electron chi connectivity index (χ3n) is 2.26. The van der Waals surface area contributed by atoms with E-state index >= 15 is 0 Å². The Morgan fingerprint density at radius 2 is 1.90 bits per heavy atom. The summed E-state index contributed by atoms with van der Waals surface area (Å²) >= 11 is 0.